The summed E-state index contributed by atoms with van der Waals surface area (Å²) < 4.78 is 10.4. The van der Waals surface area contributed by atoms with Crippen molar-refractivity contribution in [3.05, 3.63) is 12.1 Å². The predicted octanol–water partition coefficient (Wildman–Crippen LogP) is 2.16. The summed E-state index contributed by atoms with van der Waals surface area (Å²) in [4.78, 5) is 14.1. The van der Waals surface area contributed by atoms with Gasteiger partial charge in [0.15, 0.2) is 11.5 Å². The second-order valence-electron chi connectivity index (χ2n) is 6.41. The Bertz CT molecular complexity index is 563. The van der Waals surface area contributed by atoms with Crippen LogP contribution in [0.15, 0.2) is 12.1 Å². The molecule has 0 saturated carbocycles. The van der Waals surface area contributed by atoms with Crippen molar-refractivity contribution in [2.45, 2.75) is 26.4 Å². The number of ether oxygens (including phenoxy) is 2. The summed E-state index contributed by atoms with van der Waals surface area (Å²) in [7, 11) is 1.48. The minimum atomic E-state index is -0.618. The lowest BCUT2D eigenvalue weighted by Gasteiger charge is -2.30. The fourth-order valence-corrected chi connectivity index (χ4v) is 2.36. The standard InChI is InChI=1S/C16H25N3O4/c1-16(2,3)23-15(21)18-12-9-11(10-13(22-4)14(12)20)19-7-5-17-6-8-19/h9-10,17,20H,5-8H2,1-4H3,(H,18,21). The topological polar surface area (TPSA) is 83.1 Å². The van der Waals surface area contributed by atoms with Gasteiger partial charge in [0.2, 0.25) is 0 Å². The molecule has 1 heterocycles. The number of anilines is 2. The van der Waals surface area contributed by atoms with E-state index in [2.05, 4.69) is 15.5 Å². The van der Waals surface area contributed by atoms with Gasteiger partial charge in [0.25, 0.3) is 0 Å². The lowest BCUT2D eigenvalue weighted by Crippen LogP contribution is -2.43. The van der Waals surface area contributed by atoms with Crippen LogP contribution in [0.1, 0.15) is 20.8 Å². The molecule has 128 valence electrons. The van der Waals surface area contributed by atoms with E-state index in [1.54, 1.807) is 32.9 Å². The fourth-order valence-electron chi connectivity index (χ4n) is 2.36. The lowest BCUT2D eigenvalue weighted by molar-refractivity contribution is 0.0635. The molecule has 1 aromatic carbocycles. The number of piperazine rings is 1. The van der Waals surface area contributed by atoms with E-state index in [-0.39, 0.29) is 11.4 Å². The third kappa shape index (κ3) is 4.66. The van der Waals surface area contributed by atoms with Gasteiger partial charge in [-0.05, 0) is 26.8 Å². The first-order valence-electron chi connectivity index (χ1n) is 7.67. The Morgan fingerprint density at radius 2 is 1.96 bits per heavy atom. The second kappa shape index (κ2) is 6.95. The largest absolute Gasteiger partial charge is 0.503 e. The van der Waals surface area contributed by atoms with Gasteiger partial charge >= 0.3 is 6.09 Å². The zero-order valence-electron chi connectivity index (χ0n) is 14.1. The minimum absolute atomic E-state index is 0.114. The van der Waals surface area contributed by atoms with Crippen molar-refractivity contribution in [1.82, 2.24) is 5.32 Å². The number of phenols is 1. The van der Waals surface area contributed by atoms with Gasteiger partial charge in [0.1, 0.15) is 5.60 Å². The number of aromatic hydroxyl groups is 1. The average molecular weight is 323 g/mol. The van der Waals surface area contributed by atoms with Gasteiger partial charge < -0.3 is 24.8 Å². The molecule has 3 N–H and O–H groups in total. The molecular formula is C16H25N3O4. The molecule has 1 amide bonds. The summed E-state index contributed by atoms with van der Waals surface area (Å²) in [5.74, 6) is 0.198. The van der Waals surface area contributed by atoms with Crippen LogP contribution >= 0.6 is 0 Å². The zero-order chi connectivity index (χ0) is 17.0. The Labute approximate surface area is 136 Å². The molecule has 2 rings (SSSR count). The first-order chi connectivity index (χ1) is 10.8. The maximum Gasteiger partial charge on any atom is 0.412 e. The highest BCUT2D eigenvalue weighted by molar-refractivity contribution is 5.89. The average Bonchev–Trinajstić information content (AvgIpc) is 2.48. The lowest BCUT2D eigenvalue weighted by atomic mass is 10.2. The van der Waals surface area contributed by atoms with E-state index in [1.165, 1.54) is 7.11 Å². The number of nitrogens with one attached hydrogen (secondary N) is 2. The van der Waals surface area contributed by atoms with Crippen LogP contribution < -0.4 is 20.3 Å². The first kappa shape index (κ1) is 17.2. The number of benzene rings is 1. The molecule has 0 spiro atoms. The van der Waals surface area contributed by atoms with E-state index < -0.39 is 11.7 Å². The van der Waals surface area contributed by atoms with Crippen LogP contribution in [0.2, 0.25) is 0 Å². The molecule has 7 nitrogen and oxygen atoms in total. The molecule has 0 unspecified atom stereocenters. The van der Waals surface area contributed by atoms with Gasteiger partial charge in [-0.25, -0.2) is 4.79 Å². The molecule has 1 aromatic rings. The molecule has 1 saturated heterocycles. The summed E-state index contributed by atoms with van der Waals surface area (Å²) >= 11 is 0. The number of methoxy groups -OCH3 is 1. The summed E-state index contributed by atoms with van der Waals surface area (Å²) in [6.45, 7) is 8.81. The Balaban J connectivity index is 2.24. The van der Waals surface area contributed by atoms with Crippen molar-refractivity contribution in [2.24, 2.45) is 0 Å². The Kier molecular flexibility index (Phi) is 5.20. The van der Waals surface area contributed by atoms with E-state index in [0.717, 1.165) is 31.9 Å². The Morgan fingerprint density at radius 1 is 1.30 bits per heavy atom. The number of carbonyl (C=O) groups is 1. The molecule has 23 heavy (non-hydrogen) atoms. The number of hydrogen-bond donors (Lipinski definition) is 3. The third-order valence-corrected chi connectivity index (χ3v) is 3.40. The van der Waals surface area contributed by atoms with Gasteiger partial charge in [-0.2, -0.15) is 0 Å². The number of hydrogen-bond acceptors (Lipinski definition) is 6. The number of amides is 1. The normalized spacial score (nSPS) is 15.2. The van der Waals surface area contributed by atoms with Crippen LogP contribution in [0.5, 0.6) is 11.5 Å². The summed E-state index contributed by atoms with van der Waals surface area (Å²) in [6.07, 6.45) is -0.618. The van der Waals surface area contributed by atoms with Crippen molar-refractivity contribution < 1.29 is 19.4 Å². The van der Waals surface area contributed by atoms with Crippen LogP contribution in [0, 0.1) is 0 Å². The van der Waals surface area contributed by atoms with E-state index in [0.29, 0.717) is 5.75 Å². The van der Waals surface area contributed by atoms with Crippen molar-refractivity contribution in [2.75, 3.05) is 43.5 Å². The molecule has 7 heteroatoms. The molecule has 1 aliphatic rings. The van der Waals surface area contributed by atoms with Crippen LogP contribution in [-0.4, -0.2) is 50.1 Å². The molecule has 0 bridgehead atoms. The van der Waals surface area contributed by atoms with Crippen molar-refractivity contribution in [3.8, 4) is 11.5 Å². The second-order valence-corrected chi connectivity index (χ2v) is 6.41. The maximum atomic E-state index is 12.0. The van der Waals surface area contributed by atoms with Crippen molar-refractivity contribution in [1.29, 1.82) is 0 Å². The van der Waals surface area contributed by atoms with Crippen LogP contribution in [0.3, 0.4) is 0 Å². The summed E-state index contributed by atoms with van der Waals surface area (Å²) in [5, 5.41) is 16.1. The van der Waals surface area contributed by atoms with Gasteiger partial charge in [-0.15, -0.1) is 0 Å². The molecule has 0 aromatic heterocycles. The molecule has 1 fully saturated rings. The number of nitrogens with zero attached hydrogens (tertiary/aromatic N) is 1. The molecule has 1 aliphatic heterocycles. The van der Waals surface area contributed by atoms with Crippen molar-refractivity contribution in [3.63, 3.8) is 0 Å². The number of phenolic OH excluding ortho intramolecular Hbond substituents is 1. The van der Waals surface area contributed by atoms with Crippen LogP contribution in [-0.2, 0) is 4.74 Å². The van der Waals surface area contributed by atoms with E-state index in [4.69, 9.17) is 9.47 Å². The number of rotatable bonds is 3. The highest BCUT2D eigenvalue weighted by Crippen LogP contribution is 2.39. The number of carbonyl (C=O) groups excluding carboxylic acids is 1. The molecule has 0 radical (unpaired) electrons. The van der Waals surface area contributed by atoms with Crippen LogP contribution in [0.25, 0.3) is 0 Å². The smallest absolute Gasteiger partial charge is 0.412 e. The van der Waals surface area contributed by atoms with Gasteiger partial charge in [-0.1, -0.05) is 0 Å². The van der Waals surface area contributed by atoms with Gasteiger partial charge in [0, 0.05) is 37.9 Å². The van der Waals surface area contributed by atoms with Crippen molar-refractivity contribution >= 4 is 17.5 Å². The monoisotopic (exact) mass is 323 g/mol. The fraction of sp³-hybridized carbons (Fsp3) is 0.562. The molecule has 0 atom stereocenters. The summed E-state index contributed by atoms with van der Waals surface area (Å²) in [6, 6.07) is 3.49. The van der Waals surface area contributed by atoms with Crippen LogP contribution in [0.4, 0.5) is 16.2 Å². The first-order valence-corrected chi connectivity index (χ1v) is 7.67. The minimum Gasteiger partial charge on any atom is -0.503 e. The SMILES string of the molecule is COc1cc(N2CCNCC2)cc(NC(=O)OC(C)(C)C)c1O. The Hall–Kier alpha value is -2.15. The molecular weight excluding hydrogens is 298 g/mol. The van der Waals surface area contributed by atoms with Gasteiger partial charge in [-0.3, -0.25) is 5.32 Å². The molecule has 0 aliphatic carbocycles. The van der Waals surface area contributed by atoms with E-state index in [1.807, 2.05) is 0 Å². The highest BCUT2D eigenvalue weighted by atomic mass is 16.6. The summed E-state index contributed by atoms with van der Waals surface area (Å²) in [5.41, 5.74) is 0.541. The van der Waals surface area contributed by atoms with Gasteiger partial charge in [0.05, 0.1) is 12.8 Å². The highest BCUT2D eigenvalue weighted by Gasteiger charge is 2.21. The zero-order valence-corrected chi connectivity index (χ0v) is 14.1. The van der Waals surface area contributed by atoms with E-state index in [9.17, 15) is 9.90 Å². The maximum absolute atomic E-state index is 12.0. The quantitative estimate of drug-likeness (QED) is 0.740. The third-order valence-electron chi connectivity index (χ3n) is 3.40. The predicted molar refractivity (Wildman–Crippen MR) is 89.6 cm³/mol. The Morgan fingerprint density at radius 3 is 2.52 bits per heavy atom. The van der Waals surface area contributed by atoms with E-state index >= 15 is 0 Å².